The highest BCUT2D eigenvalue weighted by Crippen LogP contribution is 2.38. The van der Waals surface area contributed by atoms with E-state index in [1.165, 1.54) is 23.0 Å². The van der Waals surface area contributed by atoms with Gasteiger partial charge in [0, 0.05) is 0 Å². The lowest BCUT2D eigenvalue weighted by Crippen LogP contribution is -2.26. The van der Waals surface area contributed by atoms with E-state index in [4.69, 9.17) is 23.7 Å². The van der Waals surface area contributed by atoms with Gasteiger partial charge in [-0.25, -0.2) is 0 Å². The second-order valence-corrected chi connectivity index (χ2v) is 7.91. The smallest absolute Gasteiger partial charge is 0.291 e. The van der Waals surface area contributed by atoms with Crippen molar-refractivity contribution in [1.82, 2.24) is 14.6 Å². The summed E-state index contributed by atoms with van der Waals surface area (Å²) in [6.07, 6.45) is 1.25. The molecule has 1 atom stereocenters. The maximum Gasteiger partial charge on any atom is 0.291 e. The highest BCUT2D eigenvalue weighted by Gasteiger charge is 2.27. The van der Waals surface area contributed by atoms with Crippen LogP contribution in [0.25, 0.3) is 11.0 Å². The van der Waals surface area contributed by atoms with Crippen LogP contribution in [-0.4, -0.2) is 42.5 Å². The molecule has 3 heterocycles. The van der Waals surface area contributed by atoms with Crippen molar-refractivity contribution in [3.05, 3.63) is 62.7 Å². The number of aromatic nitrogens is 3. The molecule has 0 N–H and O–H groups in total. The van der Waals surface area contributed by atoms with Crippen LogP contribution in [-0.2, 0) is 0 Å². The van der Waals surface area contributed by atoms with Crippen molar-refractivity contribution in [2.75, 3.05) is 27.9 Å². The lowest BCUT2D eigenvalue weighted by atomic mass is 10.1. The number of benzene rings is 2. The fraction of sp³-hybridized carbons (Fsp3) is 0.227. The standard InChI is InChI=1S/C22H19N3O6S/c1-27-15-8-12(9-16(28-2)19(15)29-3)10-18-21(26)25-22(32-18)23-20(24-25)17-11-30-13-6-4-5-7-14(13)31-17/h4-10,17H,11H2,1-3H3/b18-10-. The summed E-state index contributed by atoms with van der Waals surface area (Å²) in [6.45, 7) is 0.271. The molecule has 2 aromatic heterocycles. The zero-order valence-electron chi connectivity index (χ0n) is 17.5. The first-order chi connectivity index (χ1) is 15.6. The van der Waals surface area contributed by atoms with Gasteiger partial charge in [0.25, 0.3) is 5.56 Å². The number of hydrogen-bond donors (Lipinski definition) is 0. The van der Waals surface area contributed by atoms with Crippen LogP contribution in [0.1, 0.15) is 17.5 Å². The predicted octanol–water partition coefficient (Wildman–Crippen LogP) is 2.24. The zero-order chi connectivity index (χ0) is 22.2. The quantitative estimate of drug-likeness (QED) is 0.454. The average Bonchev–Trinajstić information content (AvgIpc) is 3.37. The van der Waals surface area contributed by atoms with Gasteiger partial charge in [-0.3, -0.25) is 4.79 Å². The van der Waals surface area contributed by atoms with Crippen molar-refractivity contribution in [2.45, 2.75) is 6.10 Å². The van der Waals surface area contributed by atoms with E-state index >= 15 is 0 Å². The van der Waals surface area contributed by atoms with Gasteiger partial charge in [0.05, 0.1) is 25.9 Å². The molecule has 0 amide bonds. The van der Waals surface area contributed by atoms with Crippen molar-refractivity contribution in [3.8, 4) is 28.7 Å². The molecule has 0 radical (unpaired) electrons. The molecule has 4 aromatic rings. The van der Waals surface area contributed by atoms with Crippen LogP contribution in [0.2, 0.25) is 0 Å². The number of ether oxygens (including phenoxy) is 5. The third kappa shape index (κ3) is 3.38. The molecule has 0 bridgehead atoms. The Bertz CT molecular complexity index is 1390. The lowest BCUT2D eigenvalue weighted by Gasteiger charge is -2.24. The molecule has 1 aliphatic rings. The Morgan fingerprint density at radius 1 is 1.09 bits per heavy atom. The molecule has 0 saturated heterocycles. The van der Waals surface area contributed by atoms with E-state index in [0.717, 1.165) is 5.56 Å². The summed E-state index contributed by atoms with van der Waals surface area (Å²) in [5.41, 5.74) is 0.455. The molecule has 1 aliphatic heterocycles. The Labute approximate surface area is 186 Å². The maximum atomic E-state index is 12.9. The summed E-state index contributed by atoms with van der Waals surface area (Å²) < 4.78 is 29.6. The van der Waals surface area contributed by atoms with Crippen molar-refractivity contribution in [3.63, 3.8) is 0 Å². The number of methoxy groups -OCH3 is 3. The monoisotopic (exact) mass is 453 g/mol. The molecular weight excluding hydrogens is 434 g/mol. The summed E-state index contributed by atoms with van der Waals surface area (Å²) in [5.74, 6) is 3.20. The molecule has 5 rings (SSSR count). The fourth-order valence-electron chi connectivity index (χ4n) is 3.47. The van der Waals surface area contributed by atoms with Gasteiger partial charge in [-0.05, 0) is 35.9 Å². The highest BCUT2D eigenvalue weighted by atomic mass is 32.1. The van der Waals surface area contributed by atoms with Crippen LogP contribution < -0.4 is 33.8 Å². The lowest BCUT2D eigenvalue weighted by molar-refractivity contribution is 0.0852. The largest absolute Gasteiger partial charge is 0.493 e. The third-order valence-corrected chi connectivity index (χ3v) is 5.94. The van der Waals surface area contributed by atoms with Crippen LogP contribution >= 0.6 is 11.3 Å². The molecular formula is C22H19N3O6S. The van der Waals surface area contributed by atoms with Gasteiger partial charge >= 0.3 is 0 Å². The number of nitrogens with zero attached hydrogens (tertiary/aromatic N) is 3. The van der Waals surface area contributed by atoms with Crippen LogP contribution in [0.15, 0.2) is 41.2 Å². The Balaban J connectivity index is 1.50. The third-order valence-electron chi connectivity index (χ3n) is 4.98. The molecule has 32 heavy (non-hydrogen) atoms. The van der Waals surface area contributed by atoms with E-state index in [1.54, 1.807) is 32.4 Å². The summed E-state index contributed by atoms with van der Waals surface area (Å²) in [4.78, 5) is 17.9. The Morgan fingerprint density at radius 3 is 2.47 bits per heavy atom. The summed E-state index contributed by atoms with van der Waals surface area (Å²) >= 11 is 1.24. The van der Waals surface area contributed by atoms with Crippen molar-refractivity contribution in [2.24, 2.45) is 0 Å². The summed E-state index contributed by atoms with van der Waals surface area (Å²) in [5, 5.41) is 4.38. The molecule has 0 spiro atoms. The number of fused-ring (bicyclic) bond motifs is 2. The van der Waals surface area contributed by atoms with E-state index in [9.17, 15) is 4.79 Å². The normalized spacial score (nSPS) is 15.7. The summed E-state index contributed by atoms with van der Waals surface area (Å²) in [7, 11) is 4.62. The van der Waals surface area contributed by atoms with E-state index in [2.05, 4.69) is 10.1 Å². The zero-order valence-corrected chi connectivity index (χ0v) is 18.3. The van der Waals surface area contributed by atoms with Gasteiger partial charge in [-0.1, -0.05) is 23.5 Å². The molecule has 164 valence electrons. The predicted molar refractivity (Wildman–Crippen MR) is 117 cm³/mol. The first-order valence-corrected chi connectivity index (χ1v) is 10.5. The molecule has 0 aliphatic carbocycles. The minimum Gasteiger partial charge on any atom is -0.493 e. The maximum absolute atomic E-state index is 12.9. The van der Waals surface area contributed by atoms with Gasteiger partial charge in [0.1, 0.15) is 6.61 Å². The van der Waals surface area contributed by atoms with Gasteiger partial charge in [-0.2, -0.15) is 9.50 Å². The first-order valence-electron chi connectivity index (χ1n) is 9.71. The molecule has 0 fully saturated rings. The number of thiazole rings is 1. The van der Waals surface area contributed by atoms with Crippen LogP contribution in [0, 0.1) is 0 Å². The average molecular weight is 453 g/mol. The van der Waals surface area contributed by atoms with Crippen molar-refractivity contribution in [1.29, 1.82) is 0 Å². The Hall–Kier alpha value is -3.79. The fourth-order valence-corrected chi connectivity index (χ4v) is 4.38. The van der Waals surface area contributed by atoms with Gasteiger partial charge in [0.2, 0.25) is 10.7 Å². The van der Waals surface area contributed by atoms with E-state index < -0.39 is 6.10 Å². The van der Waals surface area contributed by atoms with E-state index in [1.807, 2.05) is 24.3 Å². The van der Waals surface area contributed by atoms with Gasteiger partial charge in [0.15, 0.2) is 34.9 Å². The van der Waals surface area contributed by atoms with Crippen LogP contribution in [0.3, 0.4) is 0 Å². The molecule has 2 aromatic carbocycles. The second-order valence-electron chi connectivity index (χ2n) is 6.90. The topological polar surface area (TPSA) is 93.4 Å². The van der Waals surface area contributed by atoms with Crippen LogP contribution in [0.4, 0.5) is 0 Å². The van der Waals surface area contributed by atoms with Gasteiger partial charge < -0.3 is 23.7 Å². The number of rotatable bonds is 5. The molecule has 9 nitrogen and oxygen atoms in total. The second kappa shape index (κ2) is 8.04. The van der Waals surface area contributed by atoms with Crippen LogP contribution in [0.5, 0.6) is 28.7 Å². The van der Waals surface area contributed by atoms with Gasteiger partial charge in [-0.15, -0.1) is 5.10 Å². The minimum atomic E-state index is -0.487. The Kier molecular flexibility index (Phi) is 5.06. The van der Waals surface area contributed by atoms with E-state index in [-0.39, 0.29) is 12.2 Å². The SMILES string of the molecule is COc1cc(/C=c2\sc3nc(C4COc5ccccc5O4)nn3c2=O)cc(OC)c1OC. The highest BCUT2D eigenvalue weighted by molar-refractivity contribution is 7.15. The van der Waals surface area contributed by atoms with Crippen molar-refractivity contribution < 1.29 is 23.7 Å². The van der Waals surface area contributed by atoms with E-state index in [0.29, 0.717) is 44.1 Å². The number of para-hydroxylation sites is 2. The number of hydrogen-bond acceptors (Lipinski definition) is 9. The summed E-state index contributed by atoms with van der Waals surface area (Å²) in [6, 6.07) is 10.9. The molecule has 0 saturated carbocycles. The molecule has 10 heteroatoms. The Morgan fingerprint density at radius 2 is 1.81 bits per heavy atom. The first kappa shape index (κ1) is 20.1. The van der Waals surface area contributed by atoms with Crippen molar-refractivity contribution >= 4 is 22.4 Å². The minimum absolute atomic E-state index is 0.269. The molecule has 1 unspecified atom stereocenters.